The standard InChI is InChI=1S/C11H15NO2S/c13-10-8-4-1-2-5-9(8)11(14)12(10)6-3-7-15/h1-2,8-9,15H,3-7H2. The molecule has 0 aromatic heterocycles. The molecule has 1 aliphatic carbocycles. The number of hydrogen-bond donors (Lipinski definition) is 1. The minimum Gasteiger partial charge on any atom is -0.282 e. The quantitative estimate of drug-likeness (QED) is 0.446. The number of likely N-dealkylation sites (tertiary alicyclic amines) is 1. The number of hydrogen-bond acceptors (Lipinski definition) is 3. The van der Waals surface area contributed by atoms with Gasteiger partial charge in [-0.3, -0.25) is 14.5 Å². The van der Waals surface area contributed by atoms with Crippen molar-refractivity contribution in [1.29, 1.82) is 0 Å². The van der Waals surface area contributed by atoms with E-state index in [4.69, 9.17) is 0 Å². The van der Waals surface area contributed by atoms with Crippen molar-refractivity contribution >= 4 is 24.4 Å². The molecule has 0 radical (unpaired) electrons. The van der Waals surface area contributed by atoms with Crippen molar-refractivity contribution in [3.05, 3.63) is 12.2 Å². The second-order valence-corrected chi connectivity index (χ2v) is 4.51. The fourth-order valence-electron chi connectivity index (χ4n) is 2.32. The first-order valence-corrected chi connectivity index (χ1v) is 6.00. The second kappa shape index (κ2) is 4.39. The molecule has 1 saturated heterocycles. The molecule has 0 spiro atoms. The molecular weight excluding hydrogens is 210 g/mol. The summed E-state index contributed by atoms with van der Waals surface area (Å²) in [5.41, 5.74) is 0. The summed E-state index contributed by atoms with van der Waals surface area (Å²) in [5.74, 6) is 0.599. The molecule has 0 saturated carbocycles. The molecule has 1 aliphatic heterocycles. The molecule has 0 N–H and O–H groups in total. The van der Waals surface area contributed by atoms with Crippen LogP contribution in [-0.2, 0) is 9.59 Å². The van der Waals surface area contributed by atoms with Crippen LogP contribution in [0.3, 0.4) is 0 Å². The number of nitrogens with zero attached hydrogens (tertiary/aromatic N) is 1. The highest BCUT2D eigenvalue weighted by Crippen LogP contribution is 2.34. The lowest BCUT2D eigenvalue weighted by atomic mass is 9.85. The summed E-state index contributed by atoms with van der Waals surface area (Å²) in [6.07, 6.45) is 6.26. The fraction of sp³-hybridized carbons (Fsp3) is 0.636. The first-order chi connectivity index (χ1) is 7.25. The first kappa shape index (κ1) is 10.7. The van der Waals surface area contributed by atoms with E-state index in [1.165, 1.54) is 4.90 Å². The molecular formula is C11H15NO2S. The number of rotatable bonds is 3. The van der Waals surface area contributed by atoms with Crippen molar-refractivity contribution in [2.24, 2.45) is 11.8 Å². The molecule has 15 heavy (non-hydrogen) atoms. The van der Waals surface area contributed by atoms with Gasteiger partial charge in [0.2, 0.25) is 11.8 Å². The van der Waals surface area contributed by atoms with Crippen molar-refractivity contribution in [3.63, 3.8) is 0 Å². The van der Waals surface area contributed by atoms with Gasteiger partial charge in [-0.05, 0) is 25.0 Å². The summed E-state index contributed by atoms with van der Waals surface area (Å²) in [7, 11) is 0. The van der Waals surface area contributed by atoms with Gasteiger partial charge in [-0.25, -0.2) is 0 Å². The molecule has 1 fully saturated rings. The maximum absolute atomic E-state index is 11.9. The van der Waals surface area contributed by atoms with E-state index in [9.17, 15) is 9.59 Å². The maximum atomic E-state index is 11.9. The topological polar surface area (TPSA) is 37.4 Å². The number of allylic oxidation sites excluding steroid dienone is 2. The van der Waals surface area contributed by atoms with Crippen LogP contribution in [0.5, 0.6) is 0 Å². The van der Waals surface area contributed by atoms with Crippen molar-refractivity contribution in [3.8, 4) is 0 Å². The summed E-state index contributed by atoms with van der Waals surface area (Å²) in [4.78, 5) is 25.2. The van der Waals surface area contributed by atoms with Crippen LogP contribution in [0, 0.1) is 11.8 Å². The van der Waals surface area contributed by atoms with Crippen molar-refractivity contribution in [1.82, 2.24) is 4.90 Å². The molecule has 4 heteroatoms. The summed E-state index contributed by atoms with van der Waals surface area (Å²) in [6, 6.07) is 0. The molecule has 82 valence electrons. The van der Waals surface area contributed by atoms with Crippen LogP contribution < -0.4 is 0 Å². The highest BCUT2D eigenvalue weighted by Gasteiger charge is 2.46. The Morgan fingerprint density at radius 3 is 2.20 bits per heavy atom. The Morgan fingerprint density at radius 2 is 1.73 bits per heavy atom. The van der Waals surface area contributed by atoms with Crippen LogP contribution in [-0.4, -0.2) is 29.0 Å². The van der Waals surface area contributed by atoms with Crippen LogP contribution in [0.25, 0.3) is 0 Å². The number of imide groups is 1. The summed E-state index contributed by atoms with van der Waals surface area (Å²) in [5, 5.41) is 0. The Morgan fingerprint density at radius 1 is 1.20 bits per heavy atom. The van der Waals surface area contributed by atoms with Crippen LogP contribution in [0.15, 0.2) is 12.2 Å². The van der Waals surface area contributed by atoms with Gasteiger partial charge < -0.3 is 0 Å². The molecule has 3 nitrogen and oxygen atoms in total. The molecule has 2 unspecified atom stereocenters. The zero-order chi connectivity index (χ0) is 10.8. The third-order valence-corrected chi connectivity index (χ3v) is 3.45. The van der Waals surface area contributed by atoms with Crippen molar-refractivity contribution < 1.29 is 9.59 Å². The first-order valence-electron chi connectivity index (χ1n) is 5.36. The van der Waals surface area contributed by atoms with Crippen LogP contribution in [0.4, 0.5) is 0 Å². The molecule has 2 amide bonds. The molecule has 2 aliphatic rings. The molecule has 0 bridgehead atoms. The van der Waals surface area contributed by atoms with Gasteiger partial charge in [-0.1, -0.05) is 12.2 Å². The zero-order valence-corrected chi connectivity index (χ0v) is 9.45. The van der Waals surface area contributed by atoms with E-state index in [2.05, 4.69) is 12.6 Å². The normalized spacial score (nSPS) is 29.8. The van der Waals surface area contributed by atoms with E-state index < -0.39 is 0 Å². The maximum Gasteiger partial charge on any atom is 0.233 e. The van der Waals surface area contributed by atoms with E-state index in [-0.39, 0.29) is 23.7 Å². The minimum atomic E-state index is -0.0811. The number of fused-ring (bicyclic) bond motifs is 1. The second-order valence-electron chi connectivity index (χ2n) is 4.06. The summed E-state index contributed by atoms with van der Waals surface area (Å²) < 4.78 is 0. The van der Waals surface area contributed by atoms with E-state index in [1.807, 2.05) is 12.2 Å². The lowest BCUT2D eigenvalue weighted by Gasteiger charge is -2.14. The zero-order valence-electron chi connectivity index (χ0n) is 8.56. The SMILES string of the molecule is O=C1C2CC=CCC2C(=O)N1CCCS. The number of carbonyl (C=O) groups is 2. The third kappa shape index (κ3) is 1.83. The monoisotopic (exact) mass is 225 g/mol. The largest absolute Gasteiger partial charge is 0.282 e. The van der Waals surface area contributed by atoms with Gasteiger partial charge in [0.05, 0.1) is 11.8 Å². The van der Waals surface area contributed by atoms with E-state index in [0.717, 1.165) is 19.3 Å². The van der Waals surface area contributed by atoms with Gasteiger partial charge in [0, 0.05) is 6.54 Å². The van der Waals surface area contributed by atoms with Gasteiger partial charge in [0.1, 0.15) is 0 Å². The Balaban J connectivity index is 2.10. The summed E-state index contributed by atoms with van der Waals surface area (Å²) >= 11 is 4.09. The number of amides is 2. The van der Waals surface area contributed by atoms with Gasteiger partial charge >= 0.3 is 0 Å². The minimum absolute atomic E-state index is 0.0242. The lowest BCUT2D eigenvalue weighted by molar-refractivity contribution is -0.139. The molecule has 0 aromatic carbocycles. The van der Waals surface area contributed by atoms with Crippen molar-refractivity contribution in [2.75, 3.05) is 12.3 Å². The van der Waals surface area contributed by atoms with Gasteiger partial charge in [-0.15, -0.1) is 0 Å². The Hall–Kier alpha value is -0.770. The highest BCUT2D eigenvalue weighted by atomic mass is 32.1. The third-order valence-electron chi connectivity index (χ3n) is 3.14. The number of thiol groups is 1. The predicted molar refractivity (Wildman–Crippen MR) is 60.5 cm³/mol. The molecule has 1 heterocycles. The van der Waals surface area contributed by atoms with Gasteiger partial charge in [-0.2, -0.15) is 12.6 Å². The Labute approximate surface area is 94.9 Å². The fourth-order valence-corrected chi connectivity index (χ4v) is 2.46. The molecule has 0 aromatic rings. The Bertz CT molecular complexity index is 288. The van der Waals surface area contributed by atoms with Crippen LogP contribution in [0.1, 0.15) is 19.3 Å². The van der Waals surface area contributed by atoms with Gasteiger partial charge in [0.15, 0.2) is 0 Å². The van der Waals surface area contributed by atoms with Crippen LogP contribution in [0.2, 0.25) is 0 Å². The predicted octanol–water partition coefficient (Wildman–Crippen LogP) is 1.26. The van der Waals surface area contributed by atoms with Gasteiger partial charge in [0.25, 0.3) is 0 Å². The van der Waals surface area contributed by atoms with Crippen LogP contribution >= 0.6 is 12.6 Å². The molecule has 2 atom stereocenters. The lowest BCUT2D eigenvalue weighted by Crippen LogP contribution is -2.32. The van der Waals surface area contributed by atoms with E-state index in [0.29, 0.717) is 12.3 Å². The van der Waals surface area contributed by atoms with E-state index in [1.54, 1.807) is 0 Å². The van der Waals surface area contributed by atoms with Crippen molar-refractivity contribution in [2.45, 2.75) is 19.3 Å². The summed E-state index contributed by atoms with van der Waals surface area (Å²) in [6.45, 7) is 0.536. The Kier molecular flexibility index (Phi) is 3.14. The smallest absolute Gasteiger partial charge is 0.233 e. The average Bonchev–Trinajstić information content (AvgIpc) is 2.51. The average molecular weight is 225 g/mol. The molecule has 2 rings (SSSR count). The van der Waals surface area contributed by atoms with E-state index >= 15 is 0 Å². The number of carbonyl (C=O) groups excluding carboxylic acids is 2. The highest BCUT2D eigenvalue weighted by molar-refractivity contribution is 7.80.